The SMILES string of the molecule is CCNC1CCN(c2cc(Cl)ccc2F)C1=O. The predicted octanol–water partition coefficient (Wildman–Crippen LogP) is 2.19. The van der Waals surface area contributed by atoms with Crippen molar-refractivity contribution in [3.8, 4) is 0 Å². The Kier molecular flexibility index (Phi) is 3.64. The first-order chi connectivity index (χ1) is 8.13. The van der Waals surface area contributed by atoms with Crippen LogP contribution in [-0.2, 0) is 4.79 Å². The van der Waals surface area contributed by atoms with Crippen molar-refractivity contribution in [1.29, 1.82) is 0 Å². The standard InChI is InChI=1S/C12H14ClFN2O/c1-2-15-10-5-6-16(12(10)17)11-7-8(13)3-4-9(11)14/h3-4,7,10,15H,2,5-6H2,1H3. The van der Waals surface area contributed by atoms with Crippen molar-refractivity contribution in [3.05, 3.63) is 29.0 Å². The van der Waals surface area contributed by atoms with Gasteiger partial charge in [-0.1, -0.05) is 18.5 Å². The number of benzene rings is 1. The molecule has 0 aliphatic carbocycles. The zero-order valence-electron chi connectivity index (χ0n) is 9.54. The molecule has 0 spiro atoms. The number of anilines is 1. The lowest BCUT2D eigenvalue weighted by Gasteiger charge is -2.18. The van der Waals surface area contributed by atoms with Gasteiger partial charge in [0.2, 0.25) is 5.91 Å². The van der Waals surface area contributed by atoms with Gasteiger partial charge in [-0.25, -0.2) is 4.39 Å². The monoisotopic (exact) mass is 256 g/mol. The molecule has 92 valence electrons. The van der Waals surface area contributed by atoms with Gasteiger partial charge in [0.1, 0.15) is 5.82 Å². The minimum absolute atomic E-state index is 0.0898. The number of hydrogen-bond acceptors (Lipinski definition) is 2. The van der Waals surface area contributed by atoms with Gasteiger partial charge >= 0.3 is 0 Å². The van der Waals surface area contributed by atoms with Crippen LogP contribution in [0, 0.1) is 5.82 Å². The number of carbonyl (C=O) groups excluding carboxylic acids is 1. The number of nitrogens with one attached hydrogen (secondary N) is 1. The van der Waals surface area contributed by atoms with Crippen LogP contribution in [0.2, 0.25) is 5.02 Å². The van der Waals surface area contributed by atoms with Crippen LogP contribution in [0.5, 0.6) is 0 Å². The third-order valence-corrected chi connectivity index (χ3v) is 3.09. The lowest BCUT2D eigenvalue weighted by atomic mass is 10.2. The molecule has 17 heavy (non-hydrogen) atoms. The fraction of sp³-hybridized carbons (Fsp3) is 0.417. The van der Waals surface area contributed by atoms with Crippen LogP contribution in [0.3, 0.4) is 0 Å². The Balaban J connectivity index is 2.24. The summed E-state index contributed by atoms with van der Waals surface area (Å²) in [4.78, 5) is 13.5. The summed E-state index contributed by atoms with van der Waals surface area (Å²) >= 11 is 5.82. The van der Waals surface area contributed by atoms with E-state index in [2.05, 4.69) is 5.32 Å². The fourth-order valence-electron chi connectivity index (χ4n) is 2.05. The molecule has 1 saturated heterocycles. The molecule has 1 aromatic carbocycles. The van der Waals surface area contributed by atoms with E-state index in [1.165, 1.54) is 23.1 Å². The summed E-state index contributed by atoms with van der Waals surface area (Å²) in [5, 5.41) is 3.51. The minimum Gasteiger partial charge on any atom is -0.308 e. The second kappa shape index (κ2) is 5.02. The van der Waals surface area contributed by atoms with Gasteiger partial charge in [0.05, 0.1) is 11.7 Å². The second-order valence-electron chi connectivity index (χ2n) is 3.98. The molecule has 0 aromatic heterocycles. The topological polar surface area (TPSA) is 32.3 Å². The Morgan fingerprint density at radius 3 is 3.06 bits per heavy atom. The number of halogens is 2. The molecule has 1 aliphatic heterocycles. The molecule has 1 aromatic rings. The van der Waals surface area contributed by atoms with Crippen LogP contribution in [0.15, 0.2) is 18.2 Å². The van der Waals surface area contributed by atoms with E-state index in [-0.39, 0.29) is 17.6 Å². The van der Waals surface area contributed by atoms with E-state index in [9.17, 15) is 9.18 Å². The summed E-state index contributed by atoms with van der Waals surface area (Å²) in [5.74, 6) is -0.507. The maximum absolute atomic E-state index is 13.6. The normalized spacial score (nSPS) is 20.1. The largest absolute Gasteiger partial charge is 0.308 e. The number of carbonyl (C=O) groups is 1. The van der Waals surface area contributed by atoms with Gasteiger partial charge in [-0.3, -0.25) is 4.79 Å². The van der Waals surface area contributed by atoms with Gasteiger partial charge in [-0.15, -0.1) is 0 Å². The predicted molar refractivity (Wildman–Crippen MR) is 65.8 cm³/mol. The molecule has 0 saturated carbocycles. The van der Waals surface area contributed by atoms with Crippen molar-refractivity contribution >= 4 is 23.2 Å². The average Bonchev–Trinajstić information content (AvgIpc) is 2.65. The van der Waals surface area contributed by atoms with Gasteiger partial charge in [-0.2, -0.15) is 0 Å². The Bertz CT molecular complexity index is 439. The Labute approximate surface area is 105 Å². The molecule has 1 N–H and O–H groups in total. The summed E-state index contributed by atoms with van der Waals surface area (Å²) in [6, 6.07) is 4.04. The van der Waals surface area contributed by atoms with Gasteiger partial charge < -0.3 is 10.2 Å². The molecule has 1 aliphatic rings. The van der Waals surface area contributed by atoms with Crippen molar-refractivity contribution in [2.45, 2.75) is 19.4 Å². The van der Waals surface area contributed by atoms with Gasteiger partial charge in [-0.05, 0) is 31.2 Å². The summed E-state index contributed by atoms with van der Waals surface area (Å²) in [6.45, 7) is 3.19. The molecule has 5 heteroatoms. The molecule has 1 atom stereocenters. The molecule has 1 unspecified atom stereocenters. The quantitative estimate of drug-likeness (QED) is 0.899. The molecular formula is C12H14ClFN2O. The molecule has 1 heterocycles. The van der Waals surface area contributed by atoms with Crippen LogP contribution >= 0.6 is 11.6 Å². The molecular weight excluding hydrogens is 243 g/mol. The summed E-state index contributed by atoms with van der Waals surface area (Å²) in [7, 11) is 0. The molecule has 3 nitrogen and oxygen atoms in total. The van der Waals surface area contributed by atoms with Crippen LogP contribution < -0.4 is 10.2 Å². The minimum atomic E-state index is -0.417. The Morgan fingerprint density at radius 2 is 2.35 bits per heavy atom. The van der Waals surface area contributed by atoms with E-state index in [0.29, 0.717) is 18.0 Å². The third-order valence-electron chi connectivity index (χ3n) is 2.86. The Hall–Kier alpha value is -1.13. The van der Waals surface area contributed by atoms with Crippen molar-refractivity contribution in [1.82, 2.24) is 5.32 Å². The third kappa shape index (κ3) is 2.42. The zero-order valence-corrected chi connectivity index (χ0v) is 10.3. The highest BCUT2D eigenvalue weighted by Crippen LogP contribution is 2.27. The smallest absolute Gasteiger partial charge is 0.244 e. The molecule has 0 radical (unpaired) electrons. The van der Waals surface area contributed by atoms with Crippen molar-refractivity contribution in [2.75, 3.05) is 18.0 Å². The summed E-state index contributed by atoms with van der Waals surface area (Å²) in [6.07, 6.45) is 0.693. The van der Waals surface area contributed by atoms with Crippen LogP contribution in [0.25, 0.3) is 0 Å². The maximum atomic E-state index is 13.6. The maximum Gasteiger partial charge on any atom is 0.244 e. The number of hydrogen-bond donors (Lipinski definition) is 1. The number of rotatable bonds is 3. The van der Waals surface area contributed by atoms with Gasteiger partial charge in [0.25, 0.3) is 0 Å². The second-order valence-corrected chi connectivity index (χ2v) is 4.42. The number of nitrogens with zero attached hydrogens (tertiary/aromatic N) is 1. The Morgan fingerprint density at radius 1 is 1.59 bits per heavy atom. The van der Waals surface area contributed by atoms with Crippen LogP contribution in [0.1, 0.15) is 13.3 Å². The zero-order chi connectivity index (χ0) is 12.4. The van der Waals surface area contributed by atoms with E-state index in [1.54, 1.807) is 0 Å². The van der Waals surface area contributed by atoms with Crippen LogP contribution in [0.4, 0.5) is 10.1 Å². The van der Waals surface area contributed by atoms with E-state index in [4.69, 9.17) is 11.6 Å². The fourth-order valence-corrected chi connectivity index (χ4v) is 2.21. The highest BCUT2D eigenvalue weighted by Gasteiger charge is 2.33. The van der Waals surface area contributed by atoms with Crippen molar-refractivity contribution in [2.24, 2.45) is 0 Å². The molecule has 0 bridgehead atoms. The summed E-state index contributed by atoms with van der Waals surface area (Å²) in [5.41, 5.74) is 0.267. The number of amides is 1. The summed E-state index contributed by atoms with van der Waals surface area (Å²) < 4.78 is 13.6. The highest BCUT2D eigenvalue weighted by atomic mass is 35.5. The highest BCUT2D eigenvalue weighted by molar-refractivity contribution is 6.31. The average molecular weight is 257 g/mol. The van der Waals surface area contributed by atoms with Crippen molar-refractivity contribution < 1.29 is 9.18 Å². The first-order valence-electron chi connectivity index (χ1n) is 5.63. The van der Waals surface area contributed by atoms with E-state index in [1.807, 2.05) is 6.92 Å². The molecule has 2 rings (SSSR count). The van der Waals surface area contributed by atoms with E-state index >= 15 is 0 Å². The molecule has 1 amide bonds. The first-order valence-corrected chi connectivity index (χ1v) is 6.01. The number of likely N-dealkylation sites (N-methyl/N-ethyl adjacent to an activating group) is 1. The lowest BCUT2D eigenvalue weighted by molar-refractivity contribution is -0.118. The van der Waals surface area contributed by atoms with Crippen LogP contribution in [-0.4, -0.2) is 25.0 Å². The van der Waals surface area contributed by atoms with Gasteiger partial charge in [0.15, 0.2) is 0 Å². The van der Waals surface area contributed by atoms with Gasteiger partial charge in [0, 0.05) is 11.6 Å². The van der Waals surface area contributed by atoms with E-state index < -0.39 is 5.82 Å². The molecule has 1 fully saturated rings. The van der Waals surface area contributed by atoms with E-state index in [0.717, 1.165) is 6.54 Å². The first kappa shape index (κ1) is 12.3. The lowest BCUT2D eigenvalue weighted by Crippen LogP contribution is -2.38. The van der Waals surface area contributed by atoms with Crippen molar-refractivity contribution in [3.63, 3.8) is 0 Å².